The van der Waals surface area contributed by atoms with Gasteiger partial charge in [0.2, 0.25) is 0 Å². The van der Waals surface area contributed by atoms with E-state index in [0.717, 1.165) is 11.3 Å². The molecule has 0 unspecified atom stereocenters. The predicted octanol–water partition coefficient (Wildman–Crippen LogP) is 2.67. The van der Waals surface area contributed by atoms with Crippen LogP contribution in [0.3, 0.4) is 0 Å². The number of rotatable bonds is 5. The lowest BCUT2D eigenvalue weighted by atomic mass is 9.96. The SMILES string of the molecule is O=C(O)C1(c2ccc(NS(=O)(=O)c3cccs3)cc2)CC1. The molecule has 0 amide bonds. The molecule has 1 saturated carbocycles. The van der Waals surface area contributed by atoms with Gasteiger partial charge in [-0.3, -0.25) is 9.52 Å². The van der Waals surface area contributed by atoms with Crippen LogP contribution >= 0.6 is 11.3 Å². The molecule has 1 fully saturated rings. The molecule has 21 heavy (non-hydrogen) atoms. The van der Waals surface area contributed by atoms with Gasteiger partial charge < -0.3 is 5.11 Å². The van der Waals surface area contributed by atoms with Gasteiger partial charge in [0.15, 0.2) is 0 Å². The van der Waals surface area contributed by atoms with Gasteiger partial charge in [0.05, 0.1) is 5.41 Å². The van der Waals surface area contributed by atoms with Crippen molar-refractivity contribution in [3.05, 3.63) is 47.3 Å². The van der Waals surface area contributed by atoms with Crippen molar-refractivity contribution in [2.45, 2.75) is 22.5 Å². The Labute approximate surface area is 126 Å². The van der Waals surface area contributed by atoms with Crippen LogP contribution in [0.5, 0.6) is 0 Å². The summed E-state index contributed by atoms with van der Waals surface area (Å²) in [6.07, 6.45) is 1.26. The van der Waals surface area contributed by atoms with Gasteiger partial charge in [-0.2, -0.15) is 0 Å². The third-order valence-corrected chi connectivity index (χ3v) is 6.39. The van der Waals surface area contributed by atoms with Crippen molar-refractivity contribution >= 4 is 33.0 Å². The average molecular weight is 323 g/mol. The first-order chi connectivity index (χ1) is 9.94. The minimum atomic E-state index is -3.57. The summed E-state index contributed by atoms with van der Waals surface area (Å²) in [5, 5.41) is 10.9. The van der Waals surface area contributed by atoms with E-state index in [2.05, 4.69) is 4.72 Å². The summed E-state index contributed by atoms with van der Waals surface area (Å²) in [5.74, 6) is -0.825. The fourth-order valence-electron chi connectivity index (χ4n) is 2.23. The first-order valence-electron chi connectivity index (χ1n) is 6.34. The van der Waals surface area contributed by atoms with E-state index in [4.69, 9.17) is 0 Å². The van der Waals surface area contributed by atoms with Crippen LogP contribution in [0, 0.1) is 0 Å². The summed E-state index contributed by atoms with van der Waals surface area (Å²) in [5.41, 5.74) is 0.368. The maximum Gasteiger partial charge on any atom is 0.314 e. The van der Waals surface area contributed by atoms with Crippen LogP contribution < -0.4 is 4.72 Å². The number of benzene rings is 1. The smallest absolute Gasteiger partial charge is 0.314 e. The van der Waals surface area contributed by atoms with Crippen molar-refractivity contribution in [2.24, 2.45) is 0 Å². The Kier molecular flexibility index (Phi) is 3.26. The molecular weight excluding hydrogens is 310 g/mol. The molecule has 0 spiro atoms. The zero-order chi connectivity index (χ0) is 15.1. The molecule has 1 aromatic carbocycles. The summed E-state index contributed by atoms with van der Waals surface area (Å²) in [6, 6.07) is 9.75. The maximum atomic E-state index is 12.1. The van der Waals surface area contributed by atoms with Crippen LogP contribution in [0.15, 0.2) is 46.0 Å². The predicted molar refractivity (Wildman–Crippen MR) is 80.1 cm³/mol. The van der Waals surface area contributed by atoms with Gasteiger partial charge in [0.1, 0.15) is 4.21 Å². The molecule has 0 atom stereocenters. The van der Waals surface area contributed by atoms with Crippen LogP contribution in [-0.2, 0) is 20.2 Å². The number of anilines is 1. The third kappa shape index (κ3) is 2.54. The number of carboxylic acids is 1. The van der Waals surface area contributed by atoms with Crippen LogP contribution in [0.25, 0.3) is 0 Å². The number of hydrogen-bond donors (Lipinski definition) is 2. The lowest BCUT2D eigenvalue weighted by Crippen LogP contribution is -2.19. The van der Waals surface area contributed by atoms with E-state index in [9.17, 15) is 18.3 Å². The second kappa shape index (κ2) is 4.85. The molecule has 0 radical (unpaired) electrons. The monoisotopic (exact) mass is 323 g/mol. The molecule has 1 heterocycles. The van der Waals surface area contributed by atoms with Crippen molar-refractivity contribution in [1.82, 2.24) is 0 Å². The third-order valence-electron chi connectivity index (χ3n) is 3.61. The van der Waals surface area contributed by atoms with Gasteiger partial charge in [0.25, 0.3) is 10.0 Å². The molecule has 2 aromatic rings. The van der Waals surface area contributed by atoms with E-state index in [1.54, 1.807) is 35.7 Å². The normalized spacial score (nSPS) is 16.4. The van der Waals surface area contributed by atoms with E-state index in [1.807, 2.05) is 0 Å². The Bertz CT molecular complexity index is 760. The standard InChI is InChI=1S/C14H13NO4S2/c16-13(17)14(7-8-14)10-3-5-11(6-4-10)15-21(18,19)12-2-1-9-20-12/h1-6,9,15H,7-8H2,(H,16,17). The van der Waals surface area contributed by atoms with E-state index >= 15 is 0 Å². The number of hydrogen-bond acceptors (Lipinski definition) is 4. The van der Waals surface area contributed by atoms with Gasteiger partial charge in [0, 0.05) is 5.69 Å². The fraction of sp³-hybridized carbons (Fsp3) is 0.214. The zero-order valence-corrected chi connectivity index (χ0v) is 12.6. The van der Waals surface area contributed by atoms with Crippen LogP contribution in [0.2, 0.25) is 0 Å². The van der Waals surface area contributed by atoms with Gasteiger partial charge in [-0.05, 0) is 42.0 Å². The highest BCUT2D eigenvalue weighted by molar-refractivity contribution is 7.94. The minimum absolute atomic E-state index is 0.246. The van der Waals surface area contributed by atoms with Crippen LogP contribution in [-0.4, -0.2) is 19.5 Å². The summed E-state index contributed by atoms with van der Waals surface area (Å²) in [6.45, 7) is 0. The molecule has 1 aliphatic carbocycles. The van der Waals surface area contributed by atoms with Gasteiger partial charge in [-0.25, -0.2) is 8.42 Å². The Morgan fingerprint density at radius 1 is 1.19 bits per heavy atom. The largest absolute Gasteiger partial charge is 0.481 e. The molecule has 7 heteroatoms. The molecule has 0 bridgehead atoms. The van der Waals surface area contributed by atoms with E-state index in [0.29, 0.717) is 24.1 Å². The van der Waals surface area contributed by atoms with Crippen molar-refractivity contribution in [1.29, 1.82) is 0 Å². The molecule has 2 N–H and O–H groups in total. The Morgan fingerprint density at radius 3 is 2.33 bits per heavy atom. The number of sulfonamides is 1. The molecule has 0 saturated heterocycles. The average Bonchev–Trinajstić information content (AvgIpc) is 3.06. The Balaban J connectivity index is 1.81. The first kappa shape index (κ1) is 14.1. The zero-order valence-electron chi connectivity index (χ0n) is 10.9. The summed E-state index contributed by atoms with van der Waals surface area (Å²) in [4.78, 5) is 11.2. The lowest BCUT2D eigenvalue weighted by molar-refractivity contribution is -0.140. The van der Waals surface area contributed by atoms with Crippen molar-refractivity contribution < 1.29 is 18.3 Å². The van der Waals surface area contributed by atoms with Crippen molar-refractivity contribution in [3.63, 3.8) is 0 Å². The second-order valence-electron chi connectivity index (χ2n) is 5.00. The summed E-state index contributed by atoms with van der Waals surface area (Å²) < 4.78 is 26.9. The Hall–Kier alpha value is -1.86. The molecule has 3 rings (SSSR count). The quantitative estimate of drug-likeness (QED) is 0.886. The molecular formula is C14H13NO4S2. The van der Waals surface area contributed by atoms with E-state index in [1.165, 1.54) is 6.07 Å². The number of nitrogens with one attached hydrogen (secondary N) is 1. The second-order valence-corrected chi connectivity index (χ2v) is 7.86. The molecule has 0 aliphatic heterocycles. The molecule has 1 aromatic heterocycles. The number of thiophene rings is 1. The summed E-state index contributed by atoms with van der Waals surface area (Å²) >= 11 is 1.14. The van der Waals surface area contributed by atoms with Crippen LogP contribution in [0.1, 0.15) is 18.4 Å². The number of carboxylic acid groups (broad SMARTS) is 1. The number of aliphatic carboxylic acids is 1. The summed E-state index contributed by atoms with van der Waals surface area (Å²) in [7, 11) is -3.57. The van der Waals surface area contributed by atoms with Gasteiger partial charge in [-0.15, -0.1) is 11.3 Å². The van der Waals surface area contributed by atoms with Gasteiger partial charge in [-0.1, -0.05) is 18.2 Å². The van der Waals surface area contributed by atoms with Crippen LogP contribution in [0.4, 0.5) is 5.69 Å². The molecule has 1 aliphatic rings. The first-order valence-corrected chi connectivity index (χ1v) is 8.71. The van der Waals surface area contributed by atoms with E-state index in [-0.39, 0.29) is 4.21 Å². The molecule has 110 valence electrons. The lowest BCUT2D eigenvalue weighted by Gasteiger charge is -2.11. The highest BCUT2D eigenvalue weighted by Gasteiger charge is 2.51. The minimum Gasteiger partial charge on any atom is -0.481 e. The molecule has 5 nitrogen and oxygen atoms in total. The maximum absolute atomic E-state index is 12.1. The highest BCUT2D eigenvalue weighted by atomic mass is 32.2. The fourth-order valence-corrected chi connectivity index (χ4v) is 4.28. The van der Waals surface area contributed by atoms with E-state index < -0.39 is 21.4 Å². The topological polar surface area (TPSA) is 83.5 Å². The highest BCUT2D eigenvalue weighted by Crippen LogP contribution is 2.48. The Morgan fingerprint density at radius 2 is 1.86 bits per heavy atom. The van der Waals surface area contributed by atoms with Gasteiger partial charge >= 0.3 is 5.97 Å². The number of carbonyl (C=O) groups is 1. The van der Waals surface area contributed by atoms with Crippen molar-refractivity contribution in [2.75, 3.05) is 4.72 Å². The van der Waals surface area contributed by atoms with Crippen molar-refractivity contribution in [3.8, 4) is 0 Å².